The largest absolute Gasteiger partial charge is 0.397 e. The summed E-state index contributed by atoms with van der Waals surface area (Å²) in [6.07, 6.45) is 3.92. The van der Waals surface area contributed by atoms with Gasteiger partial charge < -0.3 is 16.0 Å². The molecule has 1 aliphatic heterocycles. The Balaban J connectivity index is 1.75. The first-order valence-corrected chi connectivity index (χ1v) is 7.07. The molecule has 1 aromatic rings. The number of thioether (sulfide) groups is 1. The Morgan fingerprint density at radius 2 is 2.28 bits per heavy atom. The maximum Gasteiger partial charge on any atom is 0.223 e. The maximum absolute atomic E-state index is 11.9. The number of hydrogen-bond acceptors (Lipinski definition) is 5. The molecule has 1 saturated heterocycles. The van der Waals surface area contributed by atoms with Crippen LogP contribution < -0.4 is 11.1 Å². The van der Waals surface area contributed by atoms with Gasteiger partial charge >= 0.3 is 0 Å². The zero-order chi connectivity index (χ0) is 12.8. The molecule has 0 atom stereocenters. The number of piperazine rings is 1. The van der Waals surface area contributed by atoms with Gasteiger partial charge in [-0.05, 0) is 6.07 Å². The standard InChI is InChI=1S/C12H18N4OS/c13-10-9-15-3-1-11(10)18-8-2-12(17)16-6-4-14-5-7-16/h1,3,9,14H,2,4-8,13H2. The number of aromatic nitrogens is 1. The average molecular weight is 266 g/mol. The molecular weight excluding hydrogens is 248 g/mol. The molecular formula is C12H18N4OS. The van der Waals surface area contributed by atoms with Gasteiger partial charge in [-0.2, -0.15) is 0 Å². The fourth-order valence-electron chi connectivity index (χ4n) is 1.85. The fraction of sp³-hybridized carbons (Fsp3) is 0.500. The van der Waals surface area contributed by atoms with Gasteiger partial charge in [0.2, 0.25) is 5.91 Å². The number of nitrogens with two attached hydrogens (primary N) is 1. The highest BCUT2D eigenvalue weighted by Gasteiger charge is 2.15. The minimum Gasteiger partial charge on any atom is -0.397 e. The van der Waals surface area contributed by atoms with E-state index in [4.69, 9.17) is 5.73 Å². The van der Waals surface area contributed by atoms with Crippen molar-refractivity contribution < 1.29 is 4.79 Å². The van der Waals surface area contributed by atoms with Gasteiger partial charge in [-0.1, -0.05) is 0 Å². The molecule has 0 unspecified atom stereocenters. The van der Waals surface area contributed by atoms with E-state index < -0.39 is 0 Å². The number of amides is 1. The summed E-state index contributed by atoms with van der Waals surface area (Å²) in [6.45, 7) is 3.44. The quantitative estimate of drug-likeness (QED) is 0.780. The second-order valence-electron chi connectivity index (χ2n) is 4.14. The summed E-state index contributed by atoms with van der Waals surface area (Å²) in [7, 11) is 0. The number of nitrogen functional groups attached to an aromatic ring is 1. The molecule has 2 heterocycles. The first-order valence-electron chi connectivity index (χ1n) is 6.08. The van der Waals surface area contributed by atoms with Crippen LogP contribution in [0.3, 0.4) is 0 Å². The molecule has 1 aromatic heterocycles. The van der Waals surface area contributed by atoms with E-state index in [-0.39, 0.29) is 5.91 Å². The van der Waals surface area contributed by atoms with Crippen LogP contribution in [0.15, 0.2) is 23.4 Å². The summed E-state index contributed by atoms with van der Waals surface area (Å²) in [5, 5.41) is 3.24. The molecule has 3 N–H and O–H groups in total. The smallest absolute Gasteiger partial charge is 0.223 e. The number of nitrogens with one attached hydrogen (secondary N) is 1. The summed E-state index contributed by atoms with van der Waals surface area (Å²) in [6, 6.07) is 1.88. The molecule has 1 aliphatic rings. The number of rotatable bonds is 4. The van der Waals surface area contributed by atoms with Crippen molar-refractivity contribution in [2.75, 3.05) is 37.7 Å². The first-order chi connectivity index (χ1) is 8.77. The number of carbonyl (C=O) groups excluding carboxylic acids is 1. The van der Waals surface area contributed by atoms with Crippen molar-refractivity contribution in [3.63, 3.8) is 0 Å². The van der Waals surface area contributed by atoms with E-state index in [2.05, 4.69) is 10.3 Å². The van der Waals surface area contributed by atoms with E-state index in [0.29, 0.717) is 12.1 Å². The highest BCUT2D eigenvalue weighted by Crippen LogP contribution is 2.24. The van der Waals surface area contributed by atoms with Crippen LogP contribution in [0.2, 0.25) is 0 Å². The number of anilines is 1. The zero-order valence-corrected chi connectivity index (χ0v) is 11.1. The Bertz CT molecular complexity index is 407. The van der Waals surface area contributed by atoms with Crippen LogP contribution >= 0.6 is 11.8 Å². The van der Waals surface area contributed by atoms with Crippen LogP contribution in [-0.2, 0) is 4.79 Å². The van der Waals surface area contributed by atoms with E-state index in [1.807, 2.05) is 11.0 Å². The third-order valence-corrected chi connectivity index (χ3v) is 3.94. The molecule has 0 radical (unpaired) electrons. The van der Waals surface area contributed by atoms with Crippen molar-refractivity contribution in [2.45, 2.75) is 11.3 Å². The molecule has 18 heavy (non-hydrogen) atoms. The van der Waals surface area contributed by atoms with Crippen molar-refractivity contribution in [2.24, 2.45) is 0 Å². The SMILES string of the molecule is Nc1cnccc1SCCC(=O)N1CCNCC1. The Labute approximate surface area is 111 Å². The molecule has 0 aliphatic carbocycles. The minimum atomic E-state index is 0.233. The van der Waals surface area contributed by atoms with E-state index in [0.717, 1.165) is 36.8 Å². The first kappa shape index (κ1) is 13.2. The molecule has 2 rings (SSSR count). The lowest BCUT2D eigenvalue weighted by Crippen LogP contribution is -2.46. The number of nitrogens with zero attached hydrogens (tertiary/aromatic N) is 2. The van der Waals surface area contributed by atoms with Crippen molar-refractivity contribution in [1.82, 2.24) is 15.2 Å². The van der Waals surface area contributed by atoms with E-state index >= 15 is 0 Å². The lowest BCUT2D eigenvalue weighted by atomic mass is 10.3. The third-order valence-electron chi connectivity index (χ3n) is 2.85. The van der Waals surface area contributed by atoms with Gasteiger partial charge in [-0.25, -0.2) is 0 Å². The minimum absolute atomic E-state index is 0.233. The maximum atomic E-state index is 11.9. The average Bonchev–Trinajstić information content (AvgIpc) is 2.42. The molecule has 1 amide bonds. The van der Waals surface area contributed by atoms with Crippen LogP contribution in [0.1, 0.15) is 6.42 Å². The van der Waals surface area contributed by atoms with E-state index in [1.165, 1.54) is 0 Å². The van der Waals surface area contributed by atoms with Crippen molar-refractivity contribution in [1.29, 1.82) is 0 Å². The molecule has 0 saturated carbocycles. The van der Waals surface area contributed by atoms with Crippen molar-refractivity contribution >= 4 is 23.4 Å². The van der Waals surface area contributed by atoms with E-state index in [1.54, 1.807) is 24.2 Å². The topological polar surface area (TPSA) is 71.2 Å². The van der Waals surface area contributed by atoms with Gasteiger partial charge in [0.25, 0.3) is 0 Å². The molecule has 0 aromatic carbocycles. The second kappa shape index (κ2) is 6.61. The number of carbonyl (C=O) groups is 1. The highest BCUT2D eigenvalue weighted by atomic mass is 32.2. The Morgan fingerprint density at radius 1 is 1.50 bits per heavy atom. The Morgan fingerprint density at radius 3 is 3.00 bits per heavy atom. The molecule has 5 nitrogen and oxygen atoms in total. The lowest BCUT2D eigenvalue weighted by Gasteiger charge is -2.27. The molecule has 1 fully saturated rings. The van der Waals surface area contributed by atoms with Crippen LogP contribution in [-0.4, -0.2) is 47.7 Å². The Kier molecular flexibility index (Phi) is 4.83. The fourth-order valence-corrected chi connectivity index (χ4v) is 2.72. The van der Waals surface area contributed by atoms with Crippen molar-refractivity contribution in [3.8, 4) is 0 Å². The van der Waals surface area contributed by atoms with Gasteiger partial charge in [0.15, 0.2) is 0 Å². The van der Waals surface area contributed by atoms with Gasteiger partial charge in [0, 0.05) is 49.4 Å². The predicted molar refractivity (Wildman–Crippen MR) is 73.4 cm³/mol. The van der Waals surface area contributed by atoms with Gasteiger partial charge in [0.1, 0.15) is 0 Å². The summed E-state index contributed by atoms with van der Waals surface area (Å²) in [5.41, 5.74) is 6.47. The predicted octanol–water partition coefficient (Wildman–Crippen LogP) is 0.578. The monoisotopic (exact) mass is 266 g/mol. The van der Waals surface area contributed by atoms with Crippen LogP contribution in [0.25, 0.3) is 0 Å². The van der Waals surface area contributed by atoms with E-state index in [9.17, 15) is 4.79 Å². The summed E-state index contributed by atoms with van der Waals surface area (Å²) in [4.78, 5) is 18.8. The van der Waals surface area contributed by atoms with Gasteiger partial charge in [-0.3, -0.25) is 9.78 Å². The van der Waals surface area contributed by atoms with Gasteiger partial charge in [0.05, 0.1) is 11.9 Å². The van der Waals surface area contributed by atoms with Crippen LogP contribution in [0.5, 0.6) is 0 Å². The van der Waals surface area contributed by atoms with Crippen LogP contribution in [0.4, 0.5) is 5.69 Å². The molecule has 98 valence electrons. The van der Waals surface area contributed by atoms with Gasteiger partial charge in [-0.15, -0.1) is 11.8 Å². The van der Waals surface area contributed by atoms with Crippen molar-refractivity contribution in [3.05, 3.63) is 18.5 Å². The highest BCUT2D eigenvalue weighted by molar-refractivity contribution is 7.99. The number of hydrogen-bond donors (Lipinski definition) is 2. The molecule has 0 bridgehead atoms. The summed E-state index contributed by atoms with van der Waals surface area (Å²) < 4.78 is 0. The lowest BCUT2D eigenvalue weighted by molar-refractivity contribution is -0.131. The normalized spacial score (nSPS) is 15.7. The molecule has 6 heteroatoms. The number of pyridine rings is 1. The summed E-state index contributed by atoms with van der Waals surface area (Å²) in [5.74, 6) is 0.994. The molecule has 0 spiro atoms. The summed E-state index contributed by atoms with van der Waals surface area (Å²) >= 11 is 1.61. The third kappa shape index (κ3) is 3.61. The zero-order valence-electron chi connectivity index (χ0n) is 10.3. The Hall–Kier alpha value is -1.27. The van der Waals surface area contributed by atoms with Crippen LogP contribution in [0, 0.1) is 0 Å². The second-order valence-corrected chi connectivity index (χ2v) is 5.28.